The number of nitrogens with one attached hydrogen (secondary N) is 2. The third-order valence-electron chi connectivity index (χ3n) is 3.44. The Kier molecular flexibility index (Phi) is 3.44. The minimum atomic E-state index is -0.233. The molecule has 3 aromatic rings. The predicted octanol–water partition coefficient (Wildman–Crippen LogP) is 3.94. The topological polar surface area (TPSA) is 57.8 Å². The molecule has 0 radical (unpaired) electrons. The highest BCUT2D eigenvalue weighted by Crippen LogP contribution is 2.18. The van der Waals surface area contributed by atoms with Gasteiger partial charge in [0.05, 0.1) is 11.0 Å². The van der Waals surface area contributed by atoms with Crippen LogP contribution in [-0.2, 0) is 0 Å². The first-order chi connectivity index (χ1) is 10.1. The summed E-state index contributed by atoms with van der Waals surface area (Å²) < 4.78 is 0. The van der Waals surface area contributed by atoms with Crippen molar-refractivity contribution in [3.05, 3.63) is 59.9 Å². The molecule has 0 spiro atoms. The van der Waals surface area contributed by atoms with E-state index in [-0.39, 0.29) is 5.91 Å². The van der Waals surface area contributed by atoms with E-state index in [4.69, 9.17) is 0 Å². The molecule has 0 aliphatic rings. The molecule has 4 heteroatoms. The van der Waals surface area contributed by atoms with Crippen LogP contribution in [0.25, 0.3) is 11.0 Å². The van der Waals surface area contributed by atoms with Gasteiger partial charge in [0.15, 0.2) is 5.82 Å². The number of anilines is 1. The molecule has 0 saturated heterocycles. The van der Waals surface area contributed by atoms with E-state index in [1.165, 1.54) is 5.56 Å². The number of nitrogens with zero attached hydrogens (tertiary/aromatic N) is 1. The largest absolute Gasteiger partial charge is 0.334 e. The van der Waals surface area contributed by atoms with Crippen LogP contribution in [-0.4, -0.2) is 15.9 Å². The van der Waals surface area contributed by atoms with Crippen molar-refractivity contribution in [3.63, 3.8) is 0 Å². The number of aromatic nitrogens is 2. The summed E-state index contributed by atoms with van der Waals surface area (Å²) in [5, 5.41) is 2.85. The standard InChI is InChI=1S/C17H17N3O/c1-11(2)12-7-9-13(10-8-12)18-17(21)16-19-14-5-3-4-6-15(14)20-16/h3-11H,1-2H3,(H,18,21)(H,19,20). The van der Waals surface area contributed by atoms with Crippen LogP contribution >= 0.6 is 0 Å². The van der Waals surface area contributed by atoms with E-state index in [0.717, 1.165) is 16.7 Å². The lowest BCUT2D eigenvalue weighted by Gasteiger charge is -2.07. The predicted molar refractivity (Wildman–Crippen MR) is 84.6 cm³/mol. The highest BCUT2D eigenvalue weighted by molar-refractivity contribution is 6.03. The number of H-pyrrole nitrogens is 1. The van der Waals surface area contributed by atoms with Crippen LogP contribution in [0.3, 0.4) is 0 Å². The minimum Gasteiger partial charge on any atom is -0.334 e. The summed E-state index contributed by atoms with van der Waals surface area (Å²) in [6, 6.07) is 15.5. The molecule has 21 heavy (non-hydrogen) atoms. The fraction of sp³-hybridized carbons (Fsp3) is 0.176. The van der Waals surface area contributed by atoms with Crippen molar-refractivity contribution in [2.24, 2.45) is 0 Å². The number of rotatable bonds is 3. The van der Waals surface area contributed by atoms with Gasteiger partial charge >= 0.3 is 0 Å². The SMILES string of the molecule is CC(C)c1ccc(NC(=O)c2nc3ccccc3[nH]2)cc1. The van der Waals surface area contributed by atoms with Gasteiger partial charge in [-0.1, -0.05) is 38.1 Å². The van der Waals surface area contributed by atoms with Crippen LogP contribution in [0, 0.1) is 0 Å². The Bertz CT molecular complexity index is 739. The smallest absolute Gasteiger partial charge is 0.291 e. The third-order valence-corrected chi connectivity index (χ3v) is 3.44. The van der Waals surface area contributed by atoms with Crippen molar-refractivity contribution in [2.75, 3.05) is 5.32 Å². The van der Waals surface area contributed by atoms with Gasteiger partial charge in [0.25, 0.3) is 5.91 Å². The fourth-order valence-electron chi connectivity index (χ4n) is 2.20. The molecule has 0 aliphatic heterocycles. The van der Waals surface area contributed by atoms with Crippen molar-refractivity contribution < 1.29 is 4.79 Å². The van der Waals surface area contributed by atoms with Crippen molar-refractivity contribution in [2.45, 2.75) is 19.8 Å². The van der Waals surface area contributed by atoms with Gasteiger partial charge in [-0.3, -0.25) is 4.79 Å². The van der Waals surface area contributed by atoms with E-state index in [0.29, 0.717) is 11.7 Å². The van der Waals surface area contributed by atoms with E-state index < -0.39 is 0 Å². The molecule has 1 amide bonds. The normalized spacial score (nSPS) is 11.0. The molecule has 0 saturated carbocycles. The number of hydrogen-bond donors (Lipinski definition) is 2. The number of hydrogen-bond acceptors (Lipinski definition) is 2. The molecule has 106 valence electrons. The number of para-hydroxylation sites is 2. The van der Waals surface area contributed by atoms with Crippen LogP contribution in [0.5, 0.6) is 0 Å². The molecule has 3 rings (SSSR count). The molecular weight excluding hydrogens is 262 g/mol. The van der Waals surface area contributed by atoms with Gasteiger partial charge in [-0.2, -0.15) is 0 Å². The summed E-state index contributed by atoms with van der Waals surface area (Å²) in [4.78, 5) is 19.5. The zero-order valence-corrected chi connectivity index (χ0v) is 12.1. The number of benzene rings is 2. The second kappa shape index (κ2) is 5.40. The van der Waals surface area contributed by atoms with Gasteiger partial charge in [-0.15, -0.1) is 0 Å². The average molecular weight is 279 g/mol. The number of amides is 1. The van der Waals surface area contributed by atoms with E-state index >= 15 is 0 Å². The second-order valence-corrected chi connectivity index (χ2v) is 5.33. The Morgan fingerprint density at radius 1 is 1.10 bits per heavy atom. The molecule has 0 atom stereocenters. The van der Waals surface area contributed by atoms with Crippen molar-refractivity contribution in [1.82, 2.24) is 9.97 Å². The van der Waals surface area contributed by atoms with E-state index in [1.54, 1.807) is 0 Å². The Morgan fingerprint density at radius 2 is 1.81 bits per heavy atom. The van der Waals surface area contributed by atoms with E-state index in [1.807, 2.05) is 48.5 Å². The van der Waals surface area contributed by atoms with Gasteiger partial charge in [-0.25, -0.2) is 4.98 Å². The first-order valence-corrected chi connectivity index (χ1v) is 6.99. The summed E-state index contributed by atoms with van der Waals surface area (Å²) in [6.45, 7) is 4.28. The Balaban J connectivity index is 1.79. The zero-order chi connectivity index (χ0) is 14.8. The van der Waals surface area contributed by atoms with E-state index in [9.17, 15) is 4.79 Å². The Labute approximate surface area is 123 Å². The van der Waals surface area contributed by atoms with Gasteiger partial charge < -0.3 is 10.3 Å². The highest BCUT2D eigenvalue weighted by Gasteiger charge is 2.11. The van der Waals surface area contributed by atoms with Gasteiger partial charge in [0, 0.05) is 5.69 Å². The molecule has 1 aromatic heterocycles. The fourth-order valence-corrected chi connectivity index (χ4v) is 2.20. The van der Waals surface area contributed by atoms with Crippen molar-refractivity contribution >= 4 is 22.6 Å². The second-order valence-electron chi connectivity index (χ2n) is 5.33. The van der Waals surface area contributed by atoms with Crippen LogP contribution in [0.15, 0.2) is 48.5 Å². The minimum absolute atomic E-state index is 0.233. The number of imidazole rings is 1. The first-order valence-electron chi connectivity index (χ1n) is 6.99. The number of fused-ring (bicyclic) bond motifs is 1. The summed E-state index contributed by atoms with van der Waals surface area (Å²) >= 11 is 0. The molecule has 0 aliphatic carbocycles. The van der Waals surface area contributed by atoms with Gasteiger partial charge in [0.1, 0.15) is 0 Å². The monoisotopic (exact) mass is 279 g/mol. The number of carbonyl (C=O) groups excluding carboxylic acids is 1. The molecule has 0 fully saturated rings. The lowest BCUT2D eigenvalue weighted by Crippen LogP contribution is -2.13. The van der Waals surface area contributed by atoms with Crippen molar-refractivity contribution in [3.8, 4) is 0 Å². The maximum Gasteiger partial charge on any atom is 0.291 e. The molecule has 1 heterocycles. The zero-order valence-electron chi connectivity index (χ0n) is 12.1. The van der Waals surface area contributed by atoms with Crippen LogP contribution in [0.1, 0.15) is 35.9 Å². The lowest BCUT2D eigenvalue weighted by atomic mass is 10.0. The van der Waals surface area contributed by atoms with Crippen molar-refractivity contribution in [1.29, 1.82) is 0 Å². The summed E-state index contributed by atoms with van der Waals surface area (Å²) in [5.74, 6) is 0.567. The molecule has 0 bridgehead atoms. The Morgan fingerprint density at radius 3 is 2.48 bits per heavy atom. The Hall–Kier alpha value is -2.62. The van der Waals surface area contributed by atoms with Crippen LogP contribution in [0.2, 0.25) is 0 Å². The average Bonchev–Trinajstić information content (AvgIpc) is 2.92. The van der Waals surface area contributed by atoms with Crippen LogP contribution < -0.4 is 5.32 Å². The molecule has 0 unspecified atom stereocenters. The maximum absolute atomic E-state index is 12.2. The maximum atomic E-state index is 12.2. The molecular formula is C17H17N3O. The summed E-state index contributed by atoms with van der Waals surface area (Å²) in [5.41, 5.74) is 3.66. The van der Waals surface area contributed by atoms with Gasteiger partial charge in [0.2, 0.25) is 0 Å². The number of aromatic amines is 1. The van der Waals surface area contributed by atoms with Gasteiger partial charge in [-0.05, 0) is 35.7 Å². The van der Waals surface area contributed by atoms with Crippen LogP contribution in [0.4, 0.5) is 5.69 Å². The summed E-state index contributed by atoms with van der Waals surface area (Å²) in [6.07, 6.45) is 0. The molecule has 4 nitrogen and oxygen atoms in total. The lowest BCUT2D eigenvalue weighted by molar-refractivity contribution is 0.101. The highest BCUT2D eigenvalue weighted by atomic mass is 16.2. The first kappa shape index (κ1) is 13.4. The third kappa shape index (κ3) is 2.79. The molecule has 2 N–H and O–H groups in total. The summed E-state index contributed by atoms with van der Waals surface area (Å²) in [7, 11) is 0. The quantitative estimate of drug-likeness (QED) is 0.763. The van der Waals surface area contributed by atoms with E-state index in [2.05, 4.69) is 29.1 Å². The molecule has 2 aromatic carbocycles. The number of carbonyl (C=O) groups is 1.